The van der Waals surface area contributed by atoms with Crippen molar-refractivity contribution in [3.05, 3.63) is 83.3 Å². The van der Waals surface area contributed by atoms with Crippen molar-refractivity contribution in [3.8, 4) is 11.5 Å². The Balaban J connectivity index is 1.63. The third-order valence-corrected chi connectivity index (χ3v) is 3.86. The number of ketones is 1. The van der Waals surface area contributed by atoms with E-state index in [0.29, 0.717) is 16.9 Å². The fourth-order valence-electron chi connectivity index (χ4n) is 2.70. The normalized spacial score (nSPS) is 14.2. The Kier molecular flexibility index (Phi) is 3.85. The predicted molar refractivity (Wildman–Crippen MR) is 92.0 cm³/mol. The summed E-state index contributed by atoms with van der Waals surface area (Å²) in [4.78, 5) is 28.6. The summed E-state index contributed by atoms with van der Waals surface area (Å²) in [7, 11) is 0. The van der Waals surface area contributed by atoms with Crippen molar-refractivity contribution in [2.45, 2.75) is 6.92 Å². The molecule has 1 aliphatic rings. The van der Waals surface area contributed by atoms with Gasteiger partial charge in [-0.05, 0) is 48.4 Å². The van der Waals surface area contributed by atoms with Crippen LogP contribution >= 0.6 is 0 Å². The van der Waals surface area contributed by atoms with Crippen LogP contribution in [-0.4, -0.2) is 16.7 Å². The number of aryl methyl sites for hydroxylation is 1. The van der Waals surface area contributed by atoms with Gasteiger partial charge in [0.25, 0.3) is 0 Å². The second-order valence-electron chi connectivity index (χ2n) is 5.71. The Morgan fingerprint density at radius 3 is 2.85 bits per heavy atom. The first-order valence-corrected chi connectivity index (χ1v) is 7.86. The number of aromatic nitrogens is 1. The van der Waals surface area contributed by atoms with Crippen LogP contribution in [0.1, 0.15) is 32.0 Å². The standard InChI is InChI=1S/C20H13NO5/c1-12-8-14(25-20(23)15-5-3-7-24-15)10-16-18(12)19(22)17(26-16)9-13-4-2-6-21-11-13/h2-11H,1H3/b17-9-. The molecule has 0 fully saturated rings. The van der Waals surface area contributed by atoms with Gasteiger partial charge in [-0.2, -0.15) is 0 Å². The summed E-state index contributed by atoms with van der Waals surface area (Å²) >= 11 is 0. The zero-order valence-electron chi connectivity index (χ0n) is 13.8. The van der Waals surface area contributed by atoms with Gasteiger partial charge in [-0.25, -0.2) is 4.79 Å². The van der Waals surface area contributed by atoms with E-state index in [1.165, 1.54) is 18.4 Å². The first-order valence-electron chi connectivity index (χ1n) is 7.86. The van der Waals surface area contributed by atoms with E-state index in [0.717, 1.165) is 5.56 Å². The number of rotatable bonds is 3. The molecule has 6 heteroatoms. The van der Waals surface area contributed by atoms with Gasteiger partial charge in [0.15, 0.2) is 5.76 Å². The lowest BCUT2D eigenvalue weighted by atomic mass is 10.0. The minimum Gasteiger partial charge on any atom is -0.457 e. The van der Waals surface area contributed by atoms with Crippen molar-refractivity contribution in [1.29, 1.82) is 0 Å². The number of carbonyl (C=O) groups is 2. The lowest BCUT2D eigenvalue weighted by Gasteiger charge is -2.06. The molecule has 0 radical (unpaired) electrons. The van der Waals surface area contributed by atoms with Gasteiger partial charge < -0.3 is 13.9 Å². The Hall–Kier alpha value is -3.67. The summed E-state index contributed by atoms with van der Waals surface area (Å²) < 4.78 is 16.0. The second-order valence-corrected chi connectivity index (χ2v) is 5.71. The molecule has 26 heavy (non-hydrogen) atoms. The molecule has 0 amide bonds. The number of Topliss-reactive ketones (excluding diaryl/α,β-unsaturated/α-hetero) is 1. The first-order chi connectivity index (χ1) is 12.6. The topological polar surface area (TPSA) is 78.6 Å². The fourth-order valence-corrected chi connectivity index (χ4v) is 2.70. The van der Waals surface area contributed by atoms with Crippen LogP contribution in [0.15, 0.2) is 65.2 Å². The van der Waals surface area contributed by atoms with Gasteiger partial charge in [-0.15, -0.1) is 0 Å². The molecule has 0 aliphatic carbocycles. The van der Waals surface area contributed by atoms with E-state index < -0.39 is 5.97 Å². The molecule has 0 bridgehead atoms. The molecule has 4 rings (SSSR count). The maximum atomic E-state index is 12.6. The molecule has 0 atom stereocenters. The van der Waals surface area contributed by atoms with E-state index >= 15 is 0 Å². The van der Waals surface area contributed by atoms with Crippen molar-refractivity contribution in [2.24, 2.45) is 0 Å². The van der Waals surface area contributed by atoms with E-state index in [2.05, 4.69) is 4.98 Å². The van der Waals surface area contributed by atoms with Gasteiger partial charge >= 0.3 is 5.97 Å². The average molecular weight is 347 g/mol. The van der Waals surface area contributed by atoms with Gasteiger partial charge in [0, 0.05) is 18.5 Å². The number of hydrogen-bond donors (Lipinski definition) is 0. The molecule has 1 aliphatic heterocycles. The van der Waals surface area contributed by atoms with Crippen LogP contribution < -0.4 is 9.47 Å². The Morgan fingerprint density at radius 2 is 2.12 bits per heavy atom. The molecule has 6 nitrogen and oxygen atoms in total. The summed E-state index contributed by atoms with van der Waals surface area (Å²) in [5, 5.41) is 0. The highest BCUT2D eigenvalue weighted by molar-refractivity contribution is 6.15. The Morgan fingerprint density at radius 1 is 1.23 bits per heavy atom. The van der Waals surface area contributed by atoms with E-state index in [-0.39, 0.29) is 23.1 Å². The highest BCUT2D eigenvalue weighted by atomic mass is 16.5. The molecule has 1 aromatic carbocycles. The number of fused-ring (bicyclic) bond motifs is 1. The molecule has 0 saturated heterocycles. The van der Waals surface area contributed by atoms with E-state index in [1.807, 2.05) is 6.07 Å². The van der Waals surface area contributed by atoms with E-state index in [1.54, 1.807) is 43.6 Å². The second kappa shape index (κ2) is 6.33. The van der Waals surface area contributed by atoms with Crippen LogP contribution in [0.3, 0.4) is 0 Å². The number of pyridine rings is 1. The van der Waals surface area contributed by atoms with Crippen molar-refractivity contribution < 1.29 is 23.5 Å². The third kappa shape index (κ3) is 2.88. The predicted octanol–water partition coefficient (Wildman–Crippen LogP) is 3.82. The highest BCUT2D eigenvalue weighted by Gasteiger charge is 2.30. The van der Waals surface area contributed by atoms with Crippen molar-refractivity contribution in [3.63, 3.8) is 0 Å². The molecule has 0 N–H and O–H groups in total. The summed E-state index contributed by atoms with van der Waals surface area (Å²) in [5.41, 5.74) is 1.87. The maximum absolute atomic E-state index is 12.6. The molecular formula is C20H13NO5. The van der Waals surface area contributed by atoms with Gasteiger partial charge in [-0.3, -0.25) is 9.78 Å². The number of ether oxygens (including phenoxy) is 2. The number of allylic oxidation sites excluding steroid dienone is 1. The highest BCUT2D eigenvalue weighted by Crippen LogP contribution is 2.37. The van der Waals surface area contributed by atoms with Crippen molar-refractivity contribution in [2.75, 3.05) is 0 Å². The van der Waals surface area contributed by atoms with Gasteiger partial charge in [-0.1, -0.05) is 6.07 Å². The van der Waals surface area contributed by atoms with Gasteiger partial charge in [0.2, 0.25) is 11.5 Å². The zero-order valence-corrected chi connectivity index (χ0v) is 13.8. The number of nitrogens with zero attached hydrogens (tertiary/aromatic N) is 1. The zero-order chi connectivity index (χ0) is 18.1. The lowest BCUT2D eigenvalue weighted by molar-refractivity contribution is 0.0701. The van der Waals surface area contributed by atoms with Crippen LogP contribution in [-0.2, 0) is 0 Å². The molecule has 3 heterocycles. The summed E-state index contributed by atoms with van der Waals surface area (Å²) in [6.45, 7) is 1.76. The molecule has 0 spiro atoms. The van der Waals surface area contributed by atoms with Crippen molar-refractivity contribution in [1.82, 2.24) is 4.98 Å². The molecule has 128 valence electrons. The van der Waals surface area contributed by atoms with E-state index in [4.69, 9.17) is 13.9 Å². The summed E-state index contributed by atoms with van der Waals surface area (Å²) in [5.74, 6) is 0.0865. The molecule has 0 saturated carbocycles. The lowest BCUT2D eigenvalue weighted by Crippen LogP contribution is -2.07. The Bertz CT molecular complexity index is 1020. The van der Waals surface area contributed by atoms with Gasteiger partial charge in [0.05, 0.1) is 11.8 Å². The number of hydrogen-bond acceptors (Lipinski definition) is 6. The molecule has 0 unspecified atom stereocenters. The van der Waals surface area contributed by atoms with E-state index in [9.17, 15) is 9.59 Å². The van der Waals surface area contributed by atoms with Gasteiger partial charge in [0.1, 0.15) is 11.5 Å². The fraction of sp³-hybridized carbons (Fsp3) is 0.0500. The smallest absolute Gasteiger partial charge is 0.379 e. The minimum absolute atomic E-state index is 0.0947. The van der Waals surface area contributed by atoms with Crippen LogP contribution in [0.5, 0.6) is 11.5 Å². The SMILES string of the molecule is Cc1cc(OC(=O)c2ccco2)cc2c1C(=O)/C(=C/c1cccnc1)O2. The van der Waals surface area contributed by atoms with Crippen molar-refractivity contribution >= 4 is 17.8 Å². The number of furan rings is 1. The summed E-state index contributed by atoms with van der Waals surface area (Å²) in [6, 6.07) is 9.84. The maximum Gasteiger partial charge on any atom is 0.379 e. The number of esters is 1. The number of benzene rings is 1. The van der Waals surface area contributed by atoms with Crippen LogP contribution in [0.2, 0.25) is 0 Å². The largest absolute Gasteiger partial charge is 0.457 e. The quantitative estimate of drug-likeness (QED) is 0.407. The molecular weight excluding hydrogens is 334 g/mol. The molecule has 2 aromatic heterocycles. The summed E-state index contributed by atoms with van der Waals surface area (Å²) in [6.07, 6.45) is 6.30. The van der Waals surface area contributed by atoms with Crippen LogP contribution in [0, 0.1) is 6.92 Å². The first kappa shape index (κ1) is 15.8. The third-order valence-electron chi connectivity index (χ3n) is 3.86. The average Bonchev–Trinajstić information content (AvgIpc) is 3.25. The minimum atomic E-state index is -0.621. The van der Waals surface area contributed by atoms with Crippen LogP contribution in [0.4, 0.5) is 0 Å². The van der Waals surface area contributed by atoms with Crippen LogP contribution in [0.25, 0.3) is 6.08 Å². The Labute approximate surface area is 148 Å². The number of carbonyl (C=O) groups excluding carboxylic acids is 2. The monoisotopic (exact) mass is 347 g/mol. The molecule has 3 aromatic rings.